The Bertz CT molecular complexity index is 701. The predicted molar refractivity (Wildman–Crippen MR) is 79.0 cm³/mol. The molecule has 0 radical (unpaired) electrons. The molecule has 0 saturated carbocycles. The zero-order valence-electron chi connectivity index (χ0n) is 11.4. The first-order valence-corrected chi connectivity index (χ1v) is 6.82. The third kappa shape index (κ3) is 2.87. The zero-order valence-corrected chi connectivity index (χ0v) is 11.4. The van der Waals surface area contributed by atoms with Crippen molar-refractivity contribution in [1.29, 1.82) is 5.26 Å². The number of carbonyl (C=O) groups excluding carboxylic acids is 1. The zero-order chi connectivity index (χ0) is 14.7. The number of hydrogen-bond donors (Lipinski definition) is 1. The maximum Gasteiger partial charge on any atom is 0.265 e. The molecule has 0 bridgehead atoms. The first kappa shape index (κ1) is 13.2. The number of anilines is 1. The molecule has 2 aromatic carbocycles. The van der Waals surface area contributed by atoms with Gasteiger partial charge >= 0.3 is 0 Å². The SMILES string of the molecule is N#Cc1ccc(OC2CCc3ccccc3NC2=O)cc1. The highest BCUT2D eigenvalue weighted by Crippen LogP contribution is 2.24. The average Bonchev–Trinajstić information content (AvgIpc) is 2.67. The first-order chi connectivity index (χ1) is 10.3. The van der Waals surface area contributed by atoms with Crippen molar-refractivity contribution < 1.29 is 9.53 Å². The van der Waals surface area contributed by atoms with Gasteiger partial charge in [-0.3, -0.25) is 4.79 Å². The number of nitrogens with one attached hydrogen (secondary N) is 1. The van der Waals surface area contributed by atoms with E-state index >= 15 is 0 Å². The number of benzene rings is 2. The minimum atomic E-state index is -0.523. The number of hydrogen-bond acceptors (Lipinski definition) is 3. The lowest BCUT2D eigenvalue weighted by molar-refractivity contribution is -0.122. The molecule has 1 heterocycles. The van der Waals surface area contributed by atoms with Gasteiger partial charge in [0.05, 0.1) is 11.6 Å². The fourth-order valence-corrected chi connectivity index (χ4v) is 2.38. The van der Waals surface area contributed by atoms with Crippen molar-refractivity contribution in [1.82, 2.24) is 0 Å². The van der Waals surface area contributed by atoms with E-state index in [9.17, 15) is 4.79 Å². The molecule has 2 aromatic rings. The summed E-state index contributed by atoms with van der Waals surface area (Å²) in [6, 6.07) is 16.6. The Morgan fingerprint density at radius 1 is 1.14 bits per heavy atom. The van der Waals surface area contributed by atoms with E-state index in [0.29, 0.717) is 17.7 Å². The van der Waals surface area contributed by atoms with E-state index < -0.39 is 6.10 Å². The summed E-state index contributed by atoms with van der Waals surface area (Å²) in [5.41, 5.74) is 2.55. The molecule has 0 aromatic heterocycles. The molecule has 1 N–H and O–H groups in total. The van der Waals surface area contributed by atoms with Gasteiger partial charge in [0.1, 0.15) is 5.75 Å². The van der Waals surface area contributed by atoms with Crippen molar-refractivity contribution >= 4 is 11.6 Å². The number of nitriles is 1. The van der Waals surface area contributed by atoms with E-state index in [-0.39, 0.29) is 5.91 Å². The Kier molecular flexibility index (Phi) is 3.57. The van der Waals surface area contributed by atoms with Crippen LogP contribution >= 0.6 is 0 Å². The van der Waals surface area contributed by atoms with Gasteiger partial charge in [0.25, 0.3) is 5.91 Å². The van der Waals surface area contributed by atoms with Crippen molar-refractivity contribution in [3.05, 3.63) is 59.7 Å². The van der Waals surface area contributed by atoms with Crippen molar-refractivity contribution in [2.24, 2.45) is 0 Å². The van der Waals surface area contributed by atoms with Crippen molar-refractivity contribution in [3.63, 3.8) is 0 Å². The summed E-state index contributed by atoms with van der Waals surface area (Å²) in [5, 5.41) is 11.7. The van der Waals surface area contributed by atoms with Crippen LogP contribution < -0.4 is 10.1 Å². The van der Waals surface area contributed by atoms with Crippen LogP contribution in [0.15, 0.2) is 48.5 Å². The largest absolute Gasteiger partial charge is 0.481 e. The molecule has 1 atom stereocenters. The van der Waals surface area contributed by atoms with Gasteiger partial charge in [0.2, 0.25) is 0 Å². The van der Waals surface area contributed by atoms with E-state index in [1.807, 2.05) is 24.3 Å². The summed E-state index contributed by atoms with van der Waals surface area (Å²) < 4.78 is 5.76. The Morgan fingerprint density at radius 2 is 1.90 bits per heavy atom. The van der Waals surface area contributed by atoms with Gasteiger partial charge in [-0.1, -0.05) is 18.2 Å². The topological polar surface area (TPSA) is 62.1 Å². The second kappa shape index (κ2) is 5.68. The summed E-state index contributed by atoms with van der Waals surface area (Å²) in [7, 11) is 0. The molecule has 104 valence electrons. The highest BCUT2D eigenvalue weighted by atomic mass is 16.5. The second-order valence-corrected chi connectivity index (χ2v) is 4.93. The first-order valence-electron chi connectivity index (χ1n) is 6.82. The highest BCUT2D eigenvalue weighted by molar-refractivity contribution is 5.95. The smallest absolute Gasteiger partial charge is 0.265 e. The van der Waals surface area contributed by atoms with Crippen LogP contribution in [0, 0.1) is 11.3 Å². The van der Waals surface area contributed by atoms with Gasteiger partial charge in [-0.15, -0.1) is 0 Å². The molecule has 0 fully saturated rings. The molecule has 4 nitrogen and oxygen atoms in total. The van der Waals surface area contributed by atoms with E-state index in [1.165, 1.54) is 0 Å². The number of aryl methyl sites for hydroxylation is 1. The lowest BCUT2D eigenvalue weighted by Gasteiger charge is -2.15. The van der Waals surface area contributed by atoms with Gasteiger partial charge in [-0.05, 0) is 48.7 Å². The molecule has 0 saturated heterocycles. The number of para-hydroxylation sites is 1. The fraction of sp³-hybridized carbons (Fsp3) is 0.176. The quantitative estimate of drug-likeness (QED) is 0.918. The number of carbonyl (C=O) groups is 1. The molecular weight excluding hydrogens is 264 g/mol. The summed E-state index contributed by atoms with van der Waals surface area (Å²) in [5.74, 6) is 0.462. The van der Waals surface area contributed by atoms with E-state index in [1.54, 1.807) is 24.3 Å². The Balaban J connectivity index is 1.75. The van der Waals surface area contributed by atoms with Crippen LogP contribution in [0.4, 0.5) is 5.69 Å². The van der Waals surface area contributed by atoms with E-state index in [0.717, 1.165) is 17.7 Å². The van der Waals surface area contributed by atoms with Gasteiger partial charge in [-0.25, -0.2) is 0 Å². The van der Waals surface area contributed by atoms with Crippen LogP contribution in [0.3, 0.4) is 0 Å². The van der Waals surface area contributed by atoms with Crippen LogP contribution in [-0.2, 0) is 11.2 Å². The number of fused-ring (bicyclic) bond motifs is 1. The Labute approximate surface area is 123 Å². The van der Waals surface area contributed by atoms with E-state index in [2.05, 4.69) is 11.4 Å². The second-order valence-electron chi connectivity index (χ2n) is 4.93. The van der Waals surface area contributed by atoms with Crippen LogP contribution in [-0.4, -0.2) is 12.0 Å². The van der Waals surface area contributed by atoms with Crippen molar-refractivity contribution in [2.75, 3.05) is 5.32 Å². The Hall–Kier alpha value is -2.80. The maximum absolute atomic E-state index is 12.2. The van der Waals surface area contributed by atoms with Crippen LogP contribution in [0.25, 0.3) is 0 Å². The van der Waals surface area contributed by atoms with Crippen LogP contribution in [0.5, 0.6) is 5.75 Å². The summed E-state index contributed by atoms with van der Waals surface area (Å²) >= 11 is 0. The molecule has 1 amide bonds. The third-order valence-corrected chi connectivity index (χ3v) is 3.51. The number of rotatable bonds is 2. The van der Waals surface area contributed by atoms with Gasteiger partial charge in [0.15, 0.2) is 6.10 Å². The van der Waals surface area contributed by atoms with Gasteiger partial charge < -0.3 is 10.1 Å². The molecule has 1 aliphatic rings. The number of ether oxygens (including phenoxy) is 1. The average molecular weight is 278 g/mol. The minimum absolute atomic E-state index is 0.135. The molecule has 1 aliphatic heterocycles. The molecule has 1 unspecified atom stereocenters. The van der Waals surface area contributed by atoms with Gasteiger partial charge in [0, 0.05) is 5.69 Å². The van der Waals surface area contributed by atoms with Crippen LogP contribution in [0.1, 0.15) is 17.5 Å². The van der Waals surface area contributed by atoms with Crippen molar-refractivity contribution in [2.45, 2.75) is 18.9 Å². The molecule has 0 aliphatic carbocycles. The van der Waals surface area contributed by atoms with Crippen LogP contribution in [0.2, 0.25) is 0 Å². The Morgan fingerprint density at radius 3 is 2.67 bits per heavy atom. The summed E-state index contributed by atoms with van der Waals surface area (Å²) in [4.78, 5) is 12.2. The lowest BCUT2D eigenvalue weighted by atomic mass is 10.1. The molecule has 21 heavy (non-hydrogen) atoms. The lowest BCUT2D eigenvalue weighted by Crippen LogP contribution is -2.31. The van der Waals surface area contributed by atoms with Crippen molar-refractivity contribution in [3.8, 4) is 11.8 Å². The summed E-state index contributed by atoms with van der Waals surface area (Å²) in [6.45, 7) is 0. The third-order valence-electron chi connectivity index (χ3n) is 3.51. The number of nitrogens with zero attached hydrogens (tertiary/aromatic N) is 1. The normalized spacial score (nSPS) is 17.1. The molecule has 0 spiro atoms. The molecule has 3 rings (SSSR count). The molecule has 4 heteroatoms. The predicted octanol–water partition coefficient (Wildman–Crippen LogP) is 2.89. The highest BCUT2D eigenvalue weighted by Gasteiger charge is 2.24. The maximum atomic E-state index is 12.2. The van der Waals surface area contributed by atoms with Gasteiger partial charge in [-0.2, -0.15) is 5.26 Å². The van der Waals surface area contributed by atoms with E-state index in [4.69, 9.17) is 10.00 Å². The minimum Gasteiger partial charge on any atom is -0.481 e. The number of amides is 1. The summed E-state index contributed by atoms with van der Waals surface area (Å²) in [6.07, 6.45) is 0.893. The standard InChI is InChI=1S/C17H14N2O2/c18-11-12-5-8-14(9-6-12)21-16-10-7-13-3-1-2-4-15(13)19-17(16)20/h1-6,8-9,16H,7,10H2,(H,19,20). The fourth-order valence-electron chi connectivity index (χ4n) is 2.38. The monoisotopic (exact) mass is 278 g/mol. The molecular formula is C17H14N2O2.